The molecule has 17 heavy (non-hydrogen) atoms. The fraction of sp³-hybridized carbons (Fsp3) is 0.571. The predicted molar refractivity (Wildman–Crippen MR) is 69.3 cm³/mol. The lowest BCUT2D eigenvalue weighted by molar-refractivity contribution is 0.284. The summed E-state index contributed by atoms with van der Waals surface area (Å²) in [4.78, 5) is 0. The number of alkyl halides is 1. The second-order valence-corrected chi connectivity index (χ2v) is 5.28. The van der Waals surface area contributed by atoms with Gasteiger partial charge < -0.3 is 10.1 Å². The second-order valence-electron chi connectivity index (χ2n) is 5.28. The zero-order valence-electron chi connectivity index (χ0n) is 11.1. The molecule has 0 fully saturated rings. The molecule has 1 aromatic rings. The van der Waals surface area contributed by atoms with Crippen LogP contribution in [0.5, 0.6) is 5.75 Å². The minimum atomic E-state index is -0.874. The summed E-state index contributed by atoms with van der Waals surface area (Å²) in [6.07, 6.45) is -0.457. The topological polar surface area (TPSA) is 21.3 Å². The molecule has 0 heterocycles. The van der Waals surface area contributed by atoms with Gasteiger partial charge in [-0.05, 0) is 38.5 Å². The number of hydrogen-bond acceptors (Lipinski definition) is 2. The highest BCUT2D eigenvalue weighted by Gasteiger charge is 2.13. The van der Waals surface area contributed by atoms with Gasteiger partial charge in [0.2, 0.25) is 0 Å². The quantitative estimate of drug-likeness (QED) is 0.853. The van der Waals surface area contributed by atoms with Crippen LogP contribution >= 0.6 is 0 Å². The van der Waals surface area contributed by atoms with E-state index in [9.17, 15) is 4.39 Å². The van der Waals surface area contributed by atoms with E-state index >= 15 is 0 Å². The maximum atomic E-state index is 13.8. The van der Waals surface area contributed by atoms with Crippen LogP contribution in [-0.4, -0.2) is 25.4 Å². The van der Waals surface area contributed by atoms with Gasteiger partial charge in [-0.3, -0.25) is 0 Å². The van der Waals surface area contributed by atoms with Gasteiger partial charge in [0, 0.05) is 18.5 Å². The summed E-state index contributed by atoms with van der Waals surface area (Å²) < 4.78 is 18.9. The van der Waals surface area contributed by atoms with Gasteiger partial charge in [-0.25, -0.2) is 4.39 Å². The molecule has 1 aromatic carbocycles. The molecule has 0 bridgehead atoms. The Morgan fingerprint density at radius 2 is 2.06 bits per heavy atom. The van der Waals surface area contributed by atoms with Crippen molar-refractivity contribution in [1.82, 2.24) is 5.32 Å². The average Bonchev–Trinajstić information content (AvgIpc) is 2.26. The molecule has 0 aromatic heterocycles. The molecule has 1 rings (SSSR count). The fourth-order valence-corrected chi connectivity index (χ4v) is 1.54. The first-order valence-corrected chi connectivity index (χ1v) is 5.93. The van der Waals surface area contributed by atoms with Crippen LogP contribution in [0.4, 0.5) is 4.39 Å². The number of ether oxygens (including phenoxy) is 1. The van der Waals surface area contributed by atoms with E-state index in [-0.39, 0.29) is 5.54 Å². The summed E-state index contributed by atoms with van der Waals surface area (Å²) >= 11 is 0. The Hall–Kier alpha value is -1.09. The van der Waals surface area contributed by atoms with Crippen LogP contribution in [0.25, 0.3) is 0 Å². The Balaban J connectivity index is 2.47. The van der Waals surface area contributed by atoms with Crippen molar-refractivity contribution in [3.63, 3.8) is 0 Å². The Morgan fingerprint density at radius 3 is 2.65 bits per heavy atom. The first-order valence-electron chi connectivity index (χ1n) is 5.93. The molecule has 0 saturated carbocycles. The van der Waals surface area contributed by atoms with Crippen LogP contribution < -0.4 is 10.1 Å². The third kappa shape index (κ3) is 5.68. The standard InChI is InChI=1S/C14H22FNO/c1-14(2,3)16-10-12(15)8-11-6-5-7-13(9-11)17-4/h5-7,9,12,16H,8,10H2,1-4H3. The van der Waals surface area contributed by atoms with E-state index in [1.54, 1.807) is 7.11 Å². The smallest absolute Gasteiger partial charge is 0.119 e. The molecule has 0 aliphatic heterocycles. The molecule has 3 heteroatoms. The van der Waals surface area contributed by atoms with Crippen LogP contribution in [0.3, 0.4) is 0 Å². The van der Waals surface area contributed by atoms with Crippen LogP contribution in [0.2, 0.25) is 0 Å². The summed E-state index contributed by atoms with van der Waals surface area (Å²) in [5, 5.41) is 3.16. The fourth-order valence-electron chi connectivity index (χ4n) is 1.54. The van der Waals surface area contributed by atoms with Crippen molar-refractivity contribution in [2.75, 3.05) is 13.7 Å². The number of nitrogens with one attached hydrogen (secondary N) is 1. The number of halogens is 1. The highest BCUT2D eigenvalue weighted by molar-refractivity contribution is 5.28. The lowest BCUT2D eigenvalue weighted by Gasteiger charge is -2.22. The molecular weight excluding hydrogens is 217 g/mol. The summed E-state index contributed by atoms with van der Waals surface area (Å²) in [6, 6.07) is 7.55. The van der Waals surface area contributed by atoms with Crippen molar-refractivity contribution in [2.45, 2.75) is 38.9 Å². The van der Waals surface area contributed by atoms with E-state index in [1.807, 2.05) is 45.0 Å². The predicted octanol–water partition coefficient (Wildman–Crippen LogP) is 2.96. The molecule has 1 atom stereocenters. The molecule has 0 spiro atoms. The van der Waals surface area contributed by atoms with E-state index in [0.29, 0.717) is 13.0 Å². The SMILES string of the molecule is COc1cccc(CC(F)CNC(C)(C)C)c1. The van der Waals surface area contributed by atoms with Crippen molar-refractivity contribution in [3.05, 3.63) is 29.8 Å². The summed E-state index contributed by atoms with van der Waals surface area (Å²) in [7, 11) is 1.62. The third-order valence-corrected chi connectivity index (χ3v) is 2.45. The van der Waals surface area contributed by atoms with Crippen LogP contribution in [0.1, 0.15) is 26.3 Å². The monoisotopic (exact) mass is 239 g/mol. The van der Waals surface area contributed by atoms with E-state index in [2.05, 4.69) is 5.32 Å². The van der Waals surface area contributed by atoms with Crippen LogP contribution in [0, 0.1) is 0 Å². The molecule has 2 nitrogen and oxygen atoms in total. The van der Waals surface area contributed by atoms with Gasteiger partial charge in [-0.1, -0.05) is 12.1 Å². The van der Waals surface area contributed by atoms with Crippen molar-refractivity contribution < 1.29 is 9.13 Å². The second kappa shape index (κ2) is 6.01. The first kappa shape index (κ1) is 14.0. The molecule has 1 unspecified atom stereocenters. The van der Waals surface area contributed by atoms with E-state index < -0.39 is 6.17 Å². The van der Waals surface area contributed by atoms with E-state index in [1.165, 1.54) is 0 Å². The third-order valence-electron chi connectivity index (χ3n) is 2.45. The highest BCUT2D eigenvalue weighted by Crippen LogP contribution is 2.15. The Kier molecular flexibility index (Phi) is 4.94. The number of methoxy groups -OCH3 is 1. The van der Waals surface area contributed by atoms with Gasteiger partial charge in [0.25, 0.3) is 0 Å². The van der Waals surface area contributed by atoms with Crippen LogP contribution in [0.15, 0.2) is 24.3 Å². The van der Waals surface area contributed by atoms with Gasteiger partial charge in [0.05, 0.1) is 7.11 Å². The van der Waals surface area contributed by atoms with Gasteiger partial charge >= 0.3 is 0 Å². The van der Waals surface area contributed by atoms with Crippen molar-refractivity contribution in [2.24, 2.45) is 0 Å². The highest BCUT2D eigenvalue weighted by atomic mass is 19.1. The first-order chi connectivity index (χ1) is 7.90. The summed E-state index contributed by atoms with van der Waals surface area (Å²) in [5.41, 5.74) is 0.922. The normalized spacial score (nSPS) is 13.5. The number of rotatable bonds is 5. The summed E-state index contributed by atoms with van der Waals surface area (Å²) in [6.45, 7) is 6.47. The number of hydrogen-bond donors (Lipinski definition) is 1. The minimum Gasteiger partial charge on any atom is -0.497 e. The summed E-state index contributed by atoms with van der Waals surface area (Å²) in [5.74, 6) is 0.776. The molecule has 0 radical (unpaired) electrons. The van der Waals surface area contributed by atoms with Crippen molar-refractivity contribution in [1.29, 1.82) is 0 Å². The molecule has 0 aliphatic carbocycles. The average molecular weight is 239 g/mol. The maximum absolute atomic E-state index is 13.8. The molecule has 0 saturated heterocycles. The Labute approximate surface area is 103 Å². The maximum Gasteiger partial charge on any atom is 0.119 e. The molecule has 1 N–H and O–H groups in total. The minimum absolute atomic E-state index is 0.0429. The Morgan fingerprint density at radius 1 is 1.35 bits per heavy atom. The Bertz CT molecular complexity index is 346. The molecular formula is C14H22FNO. The molecule has 0 amide bonds. The van der Waals surface area contributed by atoms with Crippen molar-refractivity contribution in [3.8, 4) is 5.75 Å². The molecule has 0 aliphatic rings. The van der Waals surface area contributed by atoms with Gasteiger partial charge in [-0.15, -0.1) is 0 Å². The molecule has 96 valence electrons. The lowest BCUT2D eigenvalue weighted by atomic mass is 10.1. The largest absolute Gasteiger partial charge is 0.497 e. The zero-order valence-corrected chi connectivity index (χ0v) is 11.1. The van der Waals surface area contributed by atoms with Crippen molar-refractivity contribution >= 4 is 0 Å². The van der Waals surface area contributed by atoms with E-state index in [4.69, 9.17) is 4.74 Å². The lowest BCUT2D eigenvalue weighted by Crippen LogP contribution is -2.40. The number of benzene rings is 1. The van der Waals surface area contributed by atoms with Gasteiger partial charge in [-0.2, -0.15) is 0 Å². The van der Waals surface area contributed by atoms with Gasteiger partial charge in [0.15, 0.2) is 0 Å². The van der Waals surface area contributed by atoms with Crippen LogP contribution in [-0.2, 0) is 6.42 Å². The zero-order chi connectivity index (χ0) is 12.9. The van der Waals surface area contributed by atoms with E-state index in [0.717, 1.165) is 11.3 Å². The van der Waals surface area contributed by atoms with Gasteiger partial charge in [0.1, 0.15) is 11.9 Å².